The second-order valence-corrected chi connectivity index (χ2v) is 6.83. The first-order valence-electron chi connectivity index (χ1n) is 7.42. The molecule has 0 saturated carbocycles. The fourth-order valence-electron chi connectivity index (χ4n) is 3.11. The molecule has 3 aromatic rings. The number of para-hydroxylation sites is 1. The van der Waals surface area contributed by atoms with E-state index in [1.807, 2.05) is 12.1 Å². The van der Waals surface area contributed by atoms with E-state index in [4.69, 9.17) is 0 Å². The Labute approximate surface area is 136 Å². The minimum atomic E-state index is -0.738. The molecule has 2 aromatic heterocycles. The summed E-state index contributed by atoms with van der Waals surface area (Å²) < 4.78 is 0. The van der Waals surface area contributed by atoms with Crippen molar-refractivity contribution in [1.29, 1.82) is 0 Å². The van der Waals surface area contributed by atoms with Gasteiger partial charge in [0.15, 0.2) is 0 Å². The summed E-state index contributed by atoms with van der Waals surface area (Å²) in [5.74, 6) is -0.909. The molecule has 116 valence electrons. The predicted molar refractivity (Wildman–Crippen MR) is 87.7 cm³/mol. The van der Waals surface area contributed by atoms with Crippen molar-refractivity contribution >= 4 is 27.5 Å². The zero-order valence-electron chi connectivity index (χ0n) is 12.2. The molecule has 1 aromatic carbocycles. The van der Waals surface area contributed by atoms with E-state index in [9.17, 15) is 15.0 Å². The summed E-state index contributed by atoms with van der Waals surface area (Å²) in [6.45, 7) is 0. The first-order chi connectivity index (χ1) is 11.1. The maximum absolute atomic E-state index is 11.3. The van der Waals surface area contributed by atoms with Gasteiger partial charge in [0.1, 0.15) is 10.6 Å². The number of hydrogen-bond acceptors (Lipinski definition) is 5. The number of hydrogen-bond donors (Lipinski definition) is 2. The van der Waals surface area contributed by atoms with Crippen molar-refractivity contribution < 1.29 is 15.0 Å². The van der Waals surface area contributed by atoms with Crippen LogP contribution in [0.2, 0.25) is 0 Å². The molecular formula is C17H14N2O3S. The van der Waals surface area contributed by atoms with Crippen molar-refractivity contribution in [3.05, 3.63) is 40.8 Å². The van der Waals surface area contributed by atoms with Crippen molar-refractivity contribution in [2.24, 2.45) is 5.92 Å². The molecule has 0 spiro atoms. The van der Waals surface area contributed by atoms with Gasteiger partial charge in [-0.05, 0) is 43.0 Å². The highest BCUT2D eigenvalue weighted by atomic mass is 32.1. The largest absolute Gasteiger partial charge is 0.507 e. The second-order valence-electron chi connectivity index (χ2n) is 5.75. The van der Waals surface area contributed by atoms with Gasteiger partial charge in [-0.15, -0.1) is 21.5 Å². The molecule has 23 heavy (non-hydrogen) atoms. The van der Waals surface area contributed by atoms with Crippen molar-refractivity contribution in [1.82, 2.24) is 10.2 Å². The topological polar surface area (TPSA) is 83.3 Å². The zero-order chi connectivity index (χ0) is 16.0. The quantitative estimate of drug-likeness (QED) is 0.755. The number of aromatic hydroxyl groups is 1. The lowest BCUT2D eigenvalue weighted by atomic mass is 9.87. The van der Waals surface area contributed by atoms with Gasteiger partial charge in [-0.2, -0.15) is 0 Å². The normalized spacial score (nSPS) is 17.1. The highest BCUT2D eigenvalue weighted by Crippen LogP contribution is 2.39. The van der Waals surface area contributed by atoms with E-state index in [1.54, 1.807) is 29.5 Å². The molecule has 1 aliphatic rings. The first-order valence-corrected chi connectivity index (χ1v) is 8.24. The second kappa shape index (κ2) is 5.31. The third kappa shape index (κ3) is 2.35. The highest BCUT2D eigenvalue weighted by molar-refractivity contribution is 7.18. The van der Waals surface area contributed by atoms with Crippen LogP contribution in [0.5, 0.6) is 5.75 Å². The lowest BCUT2D eigenvalue weighted by Crippen LogP contribution is -2.21. The summed E-state index contributed by atoms with van der Waals surface area (Å²) in [6, 6.07) is 8.92. The Morgan fingerprint density at radius 1 is 1.26 bits per heavy atom. The van der Waals surface area contributed by atoms with Gasteiger partial charge in [0, 0.05) is 15.8 Å². The average molecular weight is 326 g/mol. The maximum Gasteiger partial charge on any atom is 0.306 e. The summed E-state index contributed by atoms with van der Waals surface area (Å²) in [5.41, 5.74) is 2.32. The van der Waals surface area contributed by atoms with Crippen molar-refractivity contribution in [2.75, 3.05) is 0 Å². The van der Waals surface area contributed by atoms with E-state index in [2.05, 4.69) is 10.2 Å². The van der Waals surface area contributed by atoms with Crippen LogP contribution in [0.15, 0.2) is 30.3 Å². The molecule has 0 amide bonds. The molecule has 1 atom stereocenters. The third-order valence-corrected chi connectivity index (χ3v) is 5.53. The van der Waals surface area contributed by atoms with Crippen LogP contribution < -0.4 is 0 Å². The Bertz CT molecular complexity index is 919. The number of fused-ring (bicyclic) bond motifs is 3. The molecule has 4 rings (SSSR count). The molecule has 0 radical (unpaired) electrons. The lowest BCUT2D eigenvalue weighted by molar-refractivity contribution is -0.142. The van der Waals surface area contributed by atoms with E-state index in [-0.39, 0.29) is 11.7 Å². The minimum absolute atomic E-state index is 0.161. The van der Waals surface area contributed by atoms with Crippen LogP contribution >= 0.6 is 11.3 Å². The molecule has 0 unspecified atom stereocenters. The SMILES string of the molecule is O=C(O)[C@@H]1CCc2sc3nnc(-c4ccccc4O)cc3c2C1. The van der Waals surface area contributed by atoms with Gasteiger partial charge in [-0.3, -0.25) is 4.79 Å². The zero-order valence-corrected chi connectivity index (χ0v) is 13.0. The summed E-state index contributed by atoms with van der Waals surface area (Å²) in [7, 11) is 0. The molecule has 0 bridgehead atoms. The number of rotatable bonds is 2. The standard InChI is InChI=1S/C17H14N2O3S/c20-14-4-2-1-3-10(14)13-8-12-11-7-9(17(21)22)5-6-15(11)23-16(12)19-18-13/h1-4,8-9,20H,5-7H2,(H,21,22)/t9-/m1/s1. The number of carbonyl (C=O) groups is 1. The fourth-order valence-corrected chi connectivity index (χ4v) is 4.26. The number of aliphatic carboxylic acids is 1. The van der Waals surface area contributed by atoms with Gasteiger partial charge >= 0.3 is 5.97 Å². The van der Waals surface area contributed by atoms with Crippen LogP contribution in [0.25, 0.3) is 21.5 Å². The van der Waals surface area contributed by atoms with Gasteiger partial charge < -0.3 is 10.2 Å². The number of carboxylic acid groups (broad SMARTS) is 1. The number of nitrogens with zero attached hydrogens (tertiary/aromatic N) is 2. The first kappa shape index (κ1) is 14.1. The maximum atomic E-state index is 11.3. The van der Waals surface area contributed by atoms with Crippen LogP contribution in [0.4, 0.5) is 0 Å². The van der Waals surface area contributed by atoms with E-state index in [1.165, 1.54) is 4.88 Å². The van der Waals surface area contributed by atoms with E-state index < -0.39 is 5.97 Å². The number of phenols is 1. The molecule has 0 fully saturated rings. The van der Waals surface area contributed by atoms with Crippen LogP contribution in [-0.4, -0.2) is 26.4 Å². The van der Waals surface area contributed by atoms with Gasteiger partial charge in [-0.25, -0.2) is 0 Å². The Kier molecular flexibility index (Phi) is 3.27. The van der Waals surface area contributed by atoms with Crippen LogP contribution in [0.1, 0.15) is 16.9 Å². The summed E-state index contributed by atoms with van der Waals surface area (Å²) in [5, 5.41) is 28.7. The number of thiophene rings is 1. The minimum Gasteiger partial charge on any atom is -0.507 e. The predicted octanol–water partition coefficient (Wildman–Crippen LogP) is 3.25. The van der Waals surface area contributed by atoms with Gasteiger partial charge in [0.25, 0.3) is 0 Å². The molecular weight excluding hydrogens is 312 g/mol. The molecule has 0 aliphatic heterocycles. The Morgan fingerprint density at radius 2 is 2.09 bits per heavy atom. The van der Waals surface area contributed by atoms with Crippen LogP contribution in [0, 0.1) is 5.92 Å². The smallest absolute Gasteiger partial charge is 0.306 e. The van der Waals surface area contributed by atoms with Gasteiger partial charge in [-0.1, -0.05) is 12.1 Å². The monoisotopic (exact) mass is 326 g/mol. The molecule has 6 heteroatoms. The van der Waals surface area contributed by atoms with E-state index >= 15 is 0 Å². The Hall–Kier alpha value is -2.47. The number of benzene rings is 1. The molecule has 2 N–H and O–H groups in total. The Morgan fingerprint density at radius 3 is 2.87 bits per heavy atom. The summed E-state index contributed by atoms with van der Waals surface area (Å²) >= 11 is 1.59. The third-order valence-electron chi connectivity index (χ3n) is 4.34. The molecule has 5 nitrogen and oxygen atoms in total. The molecule has 2 heterocycles. The Balaban J connectivity index is 1.85. The average Bonchev–Trinajstić information content (AvgIpc) is 2.92. The van der Waals surface area contributed by atoms with Crippen LogP contribution in [-0.2, 0) is 17.6 Å². The number of phenolic OH excluding ortho intramolecular Hbond substituents is 1. The fraction of sp³-hybridized carbons (Fsp3) is 0.235. The van der Waals surface area contributed by atoms with Gasteiger partial charge in [0.05, 0.1) is 11.6 Å². The van der Waals surface area contributed by atoms with E-state index in [0.717, 1.165) is 22.2 Å². The number of aromatic nitrogens is 2. The highest BCUT2D eigenvalue weighted by Gasteiger charge is 2.28. The van der Waals surface area contributed by atoms with Gasteiger partial charge in [0.2, 0.25) is 0 Å². The summed E-state index contributed by atoms with van der Waals surface area (Å²) in [6.07, 6.45) is 1.99. The lowest BCUT2D eigenvalue weighted by Gasteiger charge is -2.18. The molecule has 0 saturated heterocycles. The van der Waals surface area contributed by atoms with Crippen molar-refractivity contribution in [3.63, 3.8) is 0 Å². The van der Waals surface area contributed by atoms with E-state index in [0.29, 0.717) is 24.1 Å². The van der Waals surface area contributed by atoms with Crippen molar-refractivity contribution in [3.8, 4) is 17.0 Å². The van der Waals surface area contributed by atoms with Crippen molar-refractivity contribution in [2.45, 2.75) is 19.3 Å². The van der Waals surface area contributed by atoms with Crippen LogP contribution in [0.3, 0.4) is 0 Å². The molecule has 1 aliphatic carbocycles. The summed E-state index contributed by atoms with van der Waals surface area (Å²) in [4.78, 5) is 13.3. The number of carboxylic acids is 1. The number of aryl methyl sites for hydroxylation is 1.